The molecule has 0 radical (unpaired) electrons. The number of para-hydroxylation sites is 1. The highest BCUT2D eigenvalue weighted by Gasteiger charge is 2.60. The molecule has 6 rings (SSSR count). The summed E-state index contributed by atoms with van der Waals surface area (Å²) >= 11 is 0. The summed E-state index contributed by atoms with van der Waals surface area (Å²) in [5, 5.41) is 11.9. The summed E-state index contributed by atoms with van der Waals surface area (Å²) in [5.41, 5.74) is 0.734. The average molecular weight is 337 g/mol. The molecule has 2 aromatic rings. The fourth-order valence-corrected chi connectivity index (χ4v) is 6.03. The molecule has 0 spiro atoms. The number of fused-ring (bicyclic) bond motifs is 1. The van der Waals surface area contributed by atoms with Gasteiger partial charge >= 0.3 is 5.97 Å². The highest BCUT2D eigenvalue weighted by atomic mass is 16.5. The van der Waals surface area contributed by atoms with Gasteiger partial charge in [0.15, 0.2) is 0 Å². The minimum absolute atomic E-state index is 0.118. The Labute approximate surface area is 147 Å². The number of esters is 1. The van der Waals surface area contributed by atoms with E-state index < -0.39 is 11.0 Å². The summed E-state index contributed by atoms with van der Waals surface area (Å²) in [6.45, 7) is 0.253. The van der Waals surface area contributed by atoms with Crippen LogP contribution in [0.15, 0.2) is 36.5 Å². The molecule has 4 nitrogen and oxygen atoms in total. The van der Waals surface area contributed by atoms with Gasteiger partial charge < -0.3 is 9.84 Å². The standard InChI is InChI=1S/C21H23NO3/c23-19(20-8-14-7-15(9-20)11-21(24,10-14)13-20)25-12-17-4-1-3-16-5-2-6-22-18(16)17/h1-6,14-15,24H,7-13H2/t14-,15-,20?,21?/m1/s1. The van der Waals surface area contributed by atoms with Crippen molar-refractivity contribution in [3.05, 3.63) is 42.1 Å². The number of carbonyl (C=O) groups is 1. The molecule has 0 amide bonds. The molecule has 0 saturated heterocycles. The van der Waals surface area contributed by atoms with Crippen molar-refractivity contribution in [1.82, 2.24) is 4.98 Å². The summed E-state index contributed by atoms with van der Waals surface area (Å²) in [6, 6.07) is 9.88. The monoisotopic (exact) mass is 337 g/mol. The number of ether oxygens (including phenoxy) is 1. The van der Waals surface area contributed by atoms with Gasteiger partial charge in [0.2, 0.25) is 0 Å². The lowest BCUT2D eigenvalue weighted by Gasteiger charge is -2.58. The molecule has 0 unspecified atom stereocenters. The topological polar surface area (TPSA) is 59.4 Å². The van der Waals surface area contributed by atoms with Gasteiger partial charge in [-0.15, -0.1) is 0 Å². The van der Waals surface area contributed by atoms with Crippen LogP contribution in [0.1, 0.15) is 44.1 Å². The van der Waals surface area contributed by atoms with Crippen molar-refractivity contribution in [2.45, 2.75) is 50.7 Å². The average Bonchev–Trinajstić information content (AvgIpc) is 2.57. The van der Waals surface area contributed by atoms with Gasteiger partial charge in [0.25, 0.3) is 0 Å². The molecular weight excluding hydrogens is 314 g/mol. The summed E-state index contributed by atoms with van der Waals surface area (Å²) in [5.74, 6) is 0.851. The van der Waals surface area contributed by atoms with Crippen LogP contribution in [-0.4, -0.2) is 21.7 Å². The molecule has 25 heavy (non-hydrogen) atoms. The van der Waals surface area contributed by atoms with Crippen LogP contribution in [0.2, 0.25) is 0 Å². The van der Waals surface area contributed by atoms with Crippen LogP contribution < -0.4 is 0 Å². The molecule has 4 saturated carbocycles. The van der Waals surface area contributed by atoms with Gasteiger partial charge in [-0.1, -0.05) is 24.3 Å². The van der Waals surface area contributed by atoms with Crippen LogP contribution in [0.25, 0.3) is 10.9 Å². The van der Waals surface area contributed by atoms with E-state index in [1.54, 1.807) is 6.20 Å². The van der Waals surface area contributed by atoms with E-state index in [0.717, 1.165) is 42.1 Å². The Hall–Kier alpha value is -1.94. The van der Waals surface area contributed by atoms with E-state index in [9.17, 15) is 9.90 Å². The number of hydrogen-bond acceptors (Lipinski definition) is 4. The van der Waals surface area contributed by atoms with E-state index in [-0.39, 0.29) is 12.6 Å². The maximum Gasteiger partial charge on any atom is 0.312 e. The predicted molar refractivity (Wildman–Crippen MR) is 93.6 cm³/mol. The van der Waals surface area contributed by atoms with Crippen molar-refractivity contribution in [3.63, 3.8) is 0 Å². The number of pyridine rings is 1. The first kappa shape index (κ1) is 15.3. The summed E-state index contributed by atoms with van der Waals surface area (Å²) in [6.07, 6.45) is 7.03. The Morgan fingerprint density at radius 2 is 1.92 bits per heavy atom. The number of benzene rings is 1. The van der Waals surface area contributed by atoms with Gasteiger partial charge in [0, 0.05) is 17.1 Å². The lowest BCUT2D eigenvalue weighted by atomic mass is 9.48. The maximum absolute atomic E-state index is 13.0. The number of carbonyl (C=O) groups excluding carboxylic acids is 1. The van der Waals surface area contributed by atoms with Crippen LogP contribution in [0.4, 0.5) is 0 Å². The Balaban J connectivity index is 1.37. The molecule has 4 aliphatic rings. The second-order valence-electron chi connectivity index (χ2n) is 8.53. The second kappa shape index (κ2) is 5.28. The van der Waals surface area contributed by atoms with Crippen molar-refractivity contribution in [1.29, 1.82) is 0 Å². The number of aliphatic hydroxyl groups is 1. The normalized spacial score (nSPS) is 35.9. The third-order valence-corrected chi connectivity index (χ3v) is 6.54. The zero-order chi connectivity index (χ0) is 17.1. The van der Waals surface area contributed by atoms with Crippen molar-refractivity contribution >= 4 is 16.9 Å². The first-order valence-corrected chi connectivity index (χ1v) is 9.28. The predicted octanol–water partition coefficient (Wildman–Crippen LogP) is 3.61. The zero-order valence-electron chi connectivity index (χ0n) is 14.3. The van der Waals surface area contributed by atoms with Gasteiger partial charge in [-0.05, 0) is 56.4 Å². The first-order valence-electron chi connectivity index (χ1n) is 9.28. The lowest BCUT2D eigenvalue weighted by molar-refractivity contribution is -0.197. The van der Waals surface area contributed by atoms with Gasteiger partial charge in [-0.2, -0.15) is 0 Å². The maximum atomic E-state index is 13.0. The van der Waals surface area contributed by atoms with E-state index in [0.29, 0.717) is 18.3 Å². The van der Waals surface area contributed by atoms with E-state index in [1.807, 2.05) is 30.3 Å². The quantitative estimate of drug-likeness (QED) is 0.869. The SMILES string of the molecule is O=C(OCc1cccc2cccnc12)C12C[C@H]3C[C@@H](CC(O)(C3)C1)C2. The smallest absolute Gasteiger partial charge is 0.312 e. The Morgan fingerprint density at radius 3 is 2.68 bits per heavy atom. The minimum atomic E-state index is -0.635. The van der Waals surface area contributed by atoms with Crippen molar-refractivity contribution in [2.24, 2.45) is 17.3 Å². The number of nitrogens with zero attached hydrogens (tertiary/aromatic N) is 1. The summed E-state index contributed by atoms with van der Waals surface area (Å²) < 4.78 is 5.78. The van der Waals surface area contributed by atoms with E-state index in [1.165, 1.54) is 6.42 Å². The lowest BCUT2D eigenvalue weighted by Crippen LogP contribution is -2.58. The molecular formula is C21H23NO3. The van der Waals surface area contributed by atoms with E-state index in [4.69, 9.17) is 4.74 Å². The van der Waals surface area contributed by atoms with Gasteiger partial charge in [0.1, 0.15) is 6.61 Å². The van der Waals surface area contributed by atoms with Crippen LogP contribution >= 0.6 is 0 Å². The van der Waals surface area contributed by atoms with Crippen LogP contribution in [0.3, 0.4) is 0 Å². The van der Waals surface area contributed by atoms with Crippen molar-refractivity contribution in [3.8, 4) is 0 Å². The molecule has 4 bridgehead atoms. The Bertz CT molecular complexity index is 827. The molecule has 130 valence electrons. The van der Waals surface area contributed by atoms with E-state index in [2.05, 4.69) is 4.98 Å². The molecule has 1 aromatic carbocycles. The van der Waals surface area contributed by atoms with Crippen LogP contribution in [0, 0.1) is 17.3 Å². The second-order valence-corrected chi connectivity index (χ2v) is 8.53. The Morgan fingerprint density at radius 1 is 1.16 bits per heavy atom. The molecule has 4 heteroatoms. The number of rotatable bonds is 3. The fraction of sp³-hybridized carbons (Fsp3) is 0.524. The van der Waals surface area contributed by atoms with Gasteiger partial charge in [-0.3, -0.25) is 9.78 Å². The van der Waals surface area contributed by atoms with Gasteiger partial charge in [0.05, 0.1) is 16.5 Å². The molecule has 2 atom stereocenters. The molecule has 1 aromatic heterocycles. The fourth-order valence-electron chi connectivity index (χ4n) is 6.03. The summed E-state index contributed by atoms with van der Waals surface area (Å²) in [4.78, 5) is 17.4. The molecule has 4 fully saturated rings. The van der Waals surface area contributed by atoms with Crippen LogP contribution in [-0.2, 0) is 16.1 Å². The number of hydrogen-bond donors (Lipinski definition) is 1. The molecule has 1 heterocycles. The minimum Gasteiger partial charge on any atom is -0.460 e. The zero-order valence-corrected chi connectivity index (χ0v) is 14.3. The largest absolute Gasteiger partial charge is 0.460 e. The highest BCUT2D eigenvalue weighted by Crippen LogP contribution is 2.62. The van der Waals surface area contributed by atoms with Crippen molar-refractivity contribution < 1.29 is 14.6 Å². The summed E-state index contributed by atoms with van der Waals surface area (Å²) in [7, 11) is 0. The third-order valence-electron chi connectivity index (χ3n) is 6.54. The van der Waals surface area contributed by atoms with E-state index >= 15 is 0 Å². The third kappa shape index (κ3) is 2.46. The Kier molecular flexibility index (Phi) is 3.23. The number of aromatic nitrogens is 1. The van der Waals surface area contributed by atoms with Crippen molar-refractivity contribution in [2.75, 3.05) is 0 Å². The first-order chi connectivity index (χ1) is 12.1. The highest BCUT2D eigenvalue weighted by molar-refractivity contribution is 5.82. The molecule has 4 aliphatic carbocycles. The van der Waals surface area contributed by atoms with Gasteiger partial charge in [-0.25, -0.2) is 0 Å². The molecule has 1 N–H and O–H groups in total. The molecule has 0 aliphatic heterocycles. The van der Waals surface area contributed by atoms with Crippen LogP contribution in [0.5, 0.6) is 0 Å².